The molecule has 34 heavy (non-hydrogen) atoms. The van der Waals surface area contributed by atoms with E-state index in [1.807, 2.05) is 75.4 Å². The topological polar surface area (TPSA) is 130 Å². The number of carbonyl (C=O) groups is 2. The van der Waals surface area contributed by atoms with Crippen LogP contribution in [0.2, 0.25) is 0 Å². The van der Waals surface area contributed by atoms with Gasteiger partial charge in [-0.25, -0.2) is 4.68 Å². The molecule has 0 bridgehead atoms. The summed E-state index contributed by atoms with van der Waals surface area (Å²) in [4.78, 5) is 24.6. The van der Waals surface area contributed by atoms with E-state index in [0.717, 1.165) is 22.4 Å². The Labute approximate surface area is 197 Å². The fourth-order valence-electron chi connectivity index (χ4n) is 3.93. The average molecular weight is 458 g/mol. The van der Waals surface area contributed by atoms with Crippen molar-refractivity contribution in [1.29, 1.82) is 0 Å². The second-order valence-electron chi connectivity index (χ2n) is 8.59. The number of carbonyl (C=O) groups excluding carboxylic acids is 2. The molecule has 4 N–H and O–H groups in total. The average Bonchev–Trinajstić information content (AvgIpc) is 3.39. The van der Waals surface area contributed by atoms with E-state index < -0.39 is 5.91 Å². The van der Waals surface area contributed by atoms with Crippen molar-refractivity contribution in [2.75, 3.05) is 5.73 Å². The first kappa shape index (κ1) is 23.0. The van der Waals surface area contributed by atoms with Gasteiger partial charge < -0.3 is 16.0 Å². The third-order valence-corrected chi connectivity index (χ3v) is 5.66. The lowest BCUT2D eigenvalue weighted by molar-refractivity contribution is -0.118. The zero-order valence-corrected chi connectivity index (χ0v) is 19.4. The standard InChI is InChI=1S/C26H27N5O3/c1-15(2)31-25(27)23(26(28)33)24(29-31)18-10-8-17(9-11-18)12-19(32)13-20-14-22(30-34-20)21-7-5-4-6-16(21)3/h4-11,14-15H,12-13,27H2,1-3H3,(H2,28,33). The molecule has 0 saturated heterocycles. The van der Waals surface area contributed by atoms with Crippen LogP contribution in [0.25, 0.3) is 22.5 Å². The van der Waals surface area contributed by atoms with Crippen LogP contribution < -0.4 is 11.5 Å². The molecule has 2 heterocycles. The highest BCUT2D eigenvalue weighted by Crippen LogP contribution is 2.29. The summed E-state index contributed by atoms with van der Waals surface area (Å²) in [6.07, 6.45) is 0.397. The highest BCUT2D eigenvalue weighted by molar-refractivity contribution is 6.03. The molecule has 0 atom stereocenters. The largest absolute Gasteiger partial charge is 0.383 e. The van der Waals surface area contributed by atoms with Crippen LogP contribution in [-0.4, -0.2) is 26.6 Å². The number of nitrogens with two attached hydrogens (primary N) is 2. The van der Waals surface area contributed by atoms with Gasteiger partial charge in [0.25, 0.3) is 5.91 Å². The minimum Gasteiger partial charge on any atom is -0.383 e. The number of nitrogen functional groups attached to an aromatic ring is 1. The summed E-state index contributed by atoms with van der Waals surface area (Å²) in [5.41, 5.74) is 16.6. The van der Waals surface area contributed by atoms with Crippen molar-refractivity contribution in [1.82, 2.24) is 14.9 Å². The van der Waals surface area contributed by atoms with Crippen molar-refractivity contribution in [2.45, 2.75) is 39.7 Å². The highest BCUT2D eigenvalue weighted by Gasteiger charge is 2.22. The van der Waals surface area contributed by atoms with E-state index in [-0.39, 0.29) is 36.0 Å². The lowest BCUT2D eigenvalue weighted by Gasteiger charge is -2.06. The van der Waals surface area contributed by atoms with Crippen molar-refractivity contribution >= 4 is 17.5 Å². The first-order valence-electron chi connectivity index (χ1n) is 11.0. The number of hydrogen-bond acceptors (Lipinski definition) is 6. The molecule has 4 rings (SSSR count). The second-order valence-corrected chi connectivity index (χ2v) is 8.59. The molecule has 0 aliphatic carbocycles. The van der Waals surface area contributed by atoms with Crippen LogP contribution in [0.4, 0.5) is 5.82 Å². The quantitative estimate of drug-likeness (QED) is 0.409. The van der Waals surface area contributed by atoms with E-state index >= 15 is 0 Å². The van der Waals surface area contributed by atoms with Crippen LogP contribution >= 0.6 is 0 Å². The summed E-state index contributed by atoms with van der Waals surface area (Å²) >= 11 is 0. The maximum absolute atomic E-state index is 12.6. The molecule has 0 aliphatic heterocycles. The first-order chi connectivity index (χ1) is 16.2. The monoisotopic (exact) mass is 457 g/mol. The van der Waals surface area contributed by atoms with Crippen LogP contribution in [0, 0.1) is 6.92 Å². The van der Waals surface area contributed by atoms with Crippen LogP contribution in [0.1, 0.15) is 47.1 Å². The number of amides is 1. The minimum absolute atomic E-state index is 0.00592. The minimum atomic E-state index is -0.629. The summed E-state index contributed by atoms with van der Waals surface area (Å²) in [5.74, 6) is 0.150. The Morgan fingerprint density at radius 3 is 2.41 bits per heavy atom. The van der Waals surface area contributed by atoms with E-state index in [0.29, 0.717) is 17.0 Å². The normalized spacial score (nSPS) is 11.2. The molecular formula is C26H27N5O3. The van der Waals surface area contributed by atoms with Crippen LogP contribution in [0.5, 0.6) is 0 Å². The number of ketones is 1. The van der Waals surface area contributed by atoms with Crippen molar-refractivity contribution in [3.8, 4) is 22.5 Å². The Bertz CT molecular complexity index is 1350. The number of anilines is 1. The summed E-state index contributed by atoms with van der Waals surface area (Å²) in [5, 5.41) is 8.60. The molecule has 4 aromatic rings. The molecule has 174 valence electrons. The summed E-state index contributed by atoms with van der Waals surface area (Å²) in [6.45, 7) is 5.85. The Kier molecular flexibility index (Phi) is 6.32. The fraction of sp³-hybridized carbons (Fsp3) is 0.231. The number of aromatic nitrogens is 3. The predicted octanol–water partition coefficient (Wildman–Crippen LogP) is 4.13. The van der Waals surface area contributed by atoms with Gasteiger partial charge in [0.2, 0.25) is 0 Å². The molecule has 0 radical (unpaired) electrons. The Hall–Kier alpha value is -4.20. The molecule has 0 unspecified atom stereocenters. The Morgan fingerprint density at radius 1 is 1.06 bits per heavy atom. The van der Waals surface area contributed by atoms with Crippen molar-refractivity contribution < 1.29 is 14.1 Å². The maximum Gasteiger partial charge on any atom is 0.254 e. The van der Waals surface area contributed by atoms with Gasteiger partial charge in [-0.3, -0.25) is 9.59 Å². The smallest absolute Gasteiger partial charge is 0.254 e. The van der Waals surface area contributed by atoms with E-state index in [9.17, 15) is 9.59 Å². The van der Waals surface area contributed by atoms with Gasteiger partial charge in [-0.15, -0.1) is 0 Å². The molecule has 8 heteroatoms. The maximum atomic E-state index is 12.6. The number of rotatable bonds is 8. The van der Waals surface area contributed by atoms with Crippen molar-refractivity contribution in [2.24, 2.45) is 5.73 Å². The first-order valence-corrected chi connectivity index (χ1v) is 11.0. The molecule has 0 aliphatic rings. The van der Waals surface area contributed by atoms with Gasteiger partial charge in [-0.2, -0.15) is 5.10 Å². The molecule has 8 nitrogen and oxygen atoms in total. The summed E-state index contributed by atoms with van der Waals surface area (Å²) in [6, 6.07) is 17.0. The number of nitrogens with zero attached hydrogens (tertiary/aromatic N) is 3. The van der Waals surface area contributed by atoms with E-state index in [2.05, 4.69) is 10.3 Å². The molecular weight excluding hydrogens is 430 g/mol. The highest BCUT2D eigenvalue weighted by atomic mass is 16.5. The van der Waals surface area contributed by atoms with Crippen molar-refractivity contribution in [3.63, 3.8) is 0 Å². The zero-order chi connectivity index (χ0) is 24.4. The van der Waals surface area contributed by atoms with Gasteiger partial charge in [0.05, 0.1) is 6.42 Å². The van der Waals surface area contributed by atoms with Gasteiger partial charge in [-0.05, 0) is 31.9 Å². The third kappa shape index (κ3) is 4.61. The molecule has 2 aromatic heterocycles. The second kappa shape index (κ2) is 9.35. The van der Waals surface area contributed by atoms with Crippen molar-refractivity contribution in [3.05, 3.63) is 77.0 Å². The number of hydrogen-bond donors (Lipinski definition) is 2. The lowest BCUT2D eigenvalue weighted by atomic mass is 10.0. The molecule has 0 saturated carbocycles. The SMILES string of the molecule is Cc1ccccc1-c1cc(CC(=O)Cc2ccc(-c3nn(C(C)C)c(N)c3C(N)=O)cc2)on1. The van der Waals surface area contributed by atoms with Gasteiger partial charge in [0, 0.05) is 29.7 Å². The fourth-order valence-corrected chi connectivity index (χ4v) is 3.93. The lowest BCUT2D eigenvalue weighted by Crippen LogP contribution is -2.15. The van der Waals surface area contributed by atoms with Gasteiger partial charge in [0.15, 0.2) is 0 Å². The van der Waals surface area contributed by atoms with Crippen LogP contribution in [0.15, 0.2) is 59.1 Å². The predicted molar refractivity (Wildman–Crippen MR) is 130 cm³/mol. The Morgan fingerprint density at radius 2 is 1.76 bits per heavy atom. The van der Waals surface area contributed by atoms with Gasteiger partial charge in [-0.1, -0.05) is 53.7 Å². The zero-order valence-electron chi connectivity index (χ0n) is 19.4. The molecule has 2 aromatic carbocycles. The molecule has 1 amide bonds. The van der Waals surface area contributed by atoms with Gasteiger partial charge >= 0.3 is 0 Å². The van der Waals surface area contributed by atoms with E-state index in [4.69, 9.17) is 16.0 Å². The third-order valence-electron chi connectivity index (χ3n) is 5.66. The number of Topliss-reactive ketones (excluding diaryl/α,β-unsaturated/α-hetero) is 1. The number of primary amides is 1. The van der Waals surface area contributed by atoms with Crippen LogP contribution in [-0.2, 0) is 17.6 Å². The number of aryl methyl sites for hydroxylation is 1. The van der Waals surface area contributed by atoms with Crippen LogP contribution in [0.3, 0.4) is 0 Å². The summed E-state index contributed by atoms with van der Waals surface area (Å²) in [7, 11) is 0. The summed E-state index contributed by atoms with van der Waals surface area (Å²) < 4.78 is 6.97. The molecule has 0 fully saturated rings. The van der Waals surface area contributed by atoms with E-state index in [1.165, 1.54) is 0 Å². The van der Waals surface area contributed by atoms with E-state index in [1.54, 1.807) is 4.68 Å². The Balaban J connectivity index is 1.47. The van der Waals surface area contributed by atoms with Gasteiger partial charge in [0.1, 0.15) is 34.3 Å². The molecule has 0 spiro atoms. The number of benzene rings is 2.